The molecule has 0 radical (unpaired) electrons. The van der Waals surface area contributed by atoms with Gasteiger partial charge in [-0.15, -0.1) is 0 Å². The number of benzene rings is 1. The number of anilines is 2. The van der Waals surface area contributed by atoms with Gasteiger partial charge in [0.2, 0.25) is 0 Å². The molecule has 2 fully saturated rings. The summed E-state index contributed by atoms with van der Waals surface area (Å²) >= 11 is 0. The summed E-state index contributed by atoms with van der Waals surface area (Å²) in [6.07, 6.45) is 1.60. The molecule has 0 spiro atoms. The van der Waals surface area contributed by atoms with E-state index in [0.717, 1.165) is 48.9 Å². The number of nitrogens with zero attached hydrogens (tertiary/aromatic N) is 3. The number of ether oxygens (including phenoxy) is 1. The lowest BCUT2D eigenvalue weighted by atomic mass is 10.1. The van der Waals surface area contributed by atoms with E-state index in [1.54, 1.807) is 14.5 Å². The van der Waals surface area contributed by atoms with Crippen LogP contribution in [0.5, 0.6) is 0 Å². The molecule has 3 aromatic rings. The number of likely N-dealkylation sites (N-methyl/N-ethyl adjacent to an activating group) is 1. The Bertz CT molecular complexity index is 1140. The molecule has 0 atom stereocenters. The number of quaternary nitrogens is 2. The van der Waals surface area contributed by atoms with Gasteiger partial charge in [0.25, 0.3) is 5.56 Å². The molecular weight excluding hydrogens is 406 g/mol. The zero-order valence-electron chi connectivity index (χ0n) is 18.9. The van der Waals surface area contributed by atoms with Crippen LogP contribution in [0.15, 0.2) is 29.1 Å². The van der Waals surface area contributed by atoms with Crippen molar-refractivity contribution in [2.24, 2.45) is 0 Å². The van der Waals surface area contributed by atoms with Gasteiger partial charge in [-0.05, 0) is 31.9 Å². The lowest BCUT2D eigenvalue weighted by Gasteiger charge is -2.27. The number of piperazine rings is 1. The van der Waals surface area contributed by atoms with Crippen LogP contribution in [0.4, 0.5) is 11.6 Å². The van der Waals surface area contributed by atoms with E-state index in [1.165, 1.54) is 18.7 Å². The van der Waals surface area contributed by atoms with Crippen LogP contribution in [-0.4, -0.2) is 66.4 Å². The SMILES string of the molecule is Cc1cc(Nc2nn(C3CCOCC3)c(=O)c3cc(C[NH+]4CC[NH+](C)CC4)ccc23)n[nH]1. The predicted octanol–water partition coefficient (Wildman–Crippen LogP) is -0.564. The predicted molar refractivity (Wildman–Crippen MR) is 123 cm³/mol. The van der Waals surface area contributed by atoms with Crippen molar-refractivity contribution < 1.29 is 14.5 Å². The Kier molecular flexibility index (Phi) is 5.95. The first kappa shape index (κ1) is 21.1. The van der Waals surface area contributed by atoms with E-state index in [-0.39, 0.29) is 11.6 Å². The van der Waals surface area contributed by atoms with Gasteiger partial charge in [0, 0.05) is 35.9 Å². The van der Waals surface area contributed by atoms with Gasteiger partial charge in [0.05, 0.1) is 18.5 Å². The fourth-order valence-corrected chi connectivity index (χ4v) is 4.78. The quantitative estimate of drug-likeness (QED) is 0.428. The minimum absolute atomic E-state index is 0.0182. The third kappa shape index (κ3) is 4.41. The number of rotatable bonds is 5. The molecule has 1 aromatic carbocycles. The molecule has 2 aromatic heterocycles. The Morgan fingerprint density at radius 1 is 1.16 bits per heavy atom. The van der Waals surface area contributed by atoms with Gasteiger partial charge in [-0.3, -0.25) is 9.89 Å². The highest BCUT2D eigenvalue weighted by Crippen LogP contribution is 2.26. The number of nitrogens with one attached hydrogen (secondary N) is 4. The maximum Gasteiger partial charge on any atom is 0.275 e. The summed E-state index contributed by atoms with van der Waals surface area (Å²) < 4.78 is 7.18. The maximum atomic E-state index is 13.5. The van der Waals surface area contributed by atoms with Crippen molar-refractivity contribution in [1.82, 2.24) is 20.0 Å². The molecule has 170 valence electrons. The van der Waals surface area contributed by atoms with Crippen molar-refractivity contribution in [3.63, 3.8) is 0 Å². The molecule has 0 unspecified atom stereocenters. The Morgan fingerprint density at radius 3 is 2.66 bits per heavy atom. The molecule has 9 heteroatoms. The number of hydrogen-bond donors (Lipinski definition) is 4. The molecule has 32 heavy (non-hydrogen) atoms. The molecule has 0 saturated carbocycles. The number of fused-ring (bicyclic) bond motifs is 1. The second kappa shape index (κ2) is 9.01. The number of hydrogen-bond acceptors (Lipinski definition) is 5. The zero-order valence-corrected chi connectivity index (χ0v) is 18.9. The number of aromatic nitrogens is 4. The summed E-state index contributed by atoms with van der Waals surface area (Å²) in [4.78, 5) is 16.7. The van der Waals surface area contributed by atoms with Crippen LogP contribution in [-0.2, 0) is 11.3 Å². The average Bonchev–Trinajstić information content (AvgIpc) is 3.22. The molecule has 2 aliphatic heterocycles. The van der Waals surface area contributed by atoms with Gasteiger partial charge in [0.15, 0.2) is 11.6 Å². The summed E-state index contributed by atoms with van der Waals surface area (Å²) in [6.45, 7) is 8.95. The van der Waals surface area contributed by atoms with Crippen molar-refractivity contribution in [3.05, 3.63) is 45.9 Å². The van der Waals surface area contributed by atoms with Crippen LogP contribution >= 0.6 is 0 Å². The summed E-state index contributed by atoms with van der Waals surface area (Å²) in [7, 11) is 2.26. The van der Waals surface area contributed by atoms with Crippen molar-refractivity contribution in [2.45, 2.75) is 32.4 Å². The summed E-state index contributed by atoms with van der Waals surface area (Å²) in [6, 6.07) is 8.24. The van der Waals surface area contributed by atoms with Crippen molar-refractivity contribution in [3.8, 4) is 0 Å². The van der Waals surface area contributed by atoms with E-state index in [0.29, 0.717) is 24.8 Å². The van der Waals surface area contributed by atoms with Crippen LogP contribution in [0.1, 0.15) is 30.1 Å². The molecule has 2 saturated heterocycles. The Labute approximate surface area is 187 Å². The average molecular weight is 440 g/mol. The Morgan fingerprint density at radius 2 is 1.94 bits per heavy atom. The fourth-order valence-electron chi connectivity index (χ4n) is 4.78. The molecule has 5 rings (SSSR count). The van der Waals surface area contributed by atoms with Gasteiger partial charge >= 0.3 is 0 Å². The van der Waals surface area contributed by atoms with Crippen LogP contribution < -0.4 is 20.7 Å². The highest BCUT2D eigenvalue weighted by Gasteiger charge is 2.23. The summed E-state index contributed by atoms with van der Waals surface area (Å²) in [5.74, 6) is 1.36. The number of aromatic amines is 1. The lowest BCUT2D eigenvalue weighted by Crippen LogP contribution is -3.26. The molecule has 0 amide bonds. The monoisotopic (exact) mass is 439 g/mol. The summed E-state index contributed by atoms with van der Waals surface area (Å²) in [5.41, 5.74) is 2.15. The Hall–Kier alpha value is -2.75. The minimum atomic E-state index is -0.0182. The van der Waals surface area contributed by atoms with Crippen molar-refractivity contribution in [2.75, 3.05) is 51.8 Å². The first-order valence-corrected chi connectivity index (χ1v) is 11.6. The molecule has 4 heterocycles. The van der Waals surface area contributed by atoms with E-state index < -0.39 is 0 Å². The lowest BCUT2D eigenvalue weighted by molar-refractivity contribution is -1.01. The second-order valence-electron chi connectivity index (χ2n) is 9.27. The third-order valence-corrected chi connectivity index (χ3v) is 6.74. The van der Waals surface area contributed by atoms with E-state index in [4.69, 9.17) is 9.84 Å². The Balaban J connectivity index is 1.53. The first-order valence-electron chi connectivity index (χ1n) is 11.6. The van der Waals surface area contributed by atoms with Gasteiger partial charge in [-0.25, -0.2) is 4.68 Å². The molecular formula is C23H33N7O2+2. The smallest absolute Gasteiger partial charge is 0.275 e. The number of aryl methyl sites for hydroxylation is 1. The maximum absolute atomic E-state index is 13.5. The van der Waals surface area contributed by atoms with Crippen LogP contribution in [0, 0.1) is 6.92 Å². The van der Waals surface area contributed by atoms with E-state index in [2.05, 4.69) is 34.7 Å². The minimum Gasteiger partial charge on any atom is -0.381 e. The van der Waals surface area contributed by atoms with E-state index in [9.17, 15) is 4.79 Å². The van der Waals surface area contributed by atoms with Crippen LogP contribution in [0.25, 0.3) is 10.8 Å². The van der Waals surface area contributed by atoms with Gasteiger partial charge < -0.3 is 19.9 Å². The molecule has 0 bridgehead atoms. The third-order valence-electron chi connectivity index (χ3n) is 6.74. The van der Waals surface area contributed by atoms with Crippen LogP contribution in [0.2, 0.25) is 0 Å². The largest absolute Gasteiger partial charge is 0.381 e. The van der Waals surface area contributed by atoms with Crippen molar-refractivity contribution in [1.29, 1.82) is 0 Å². The summed E-state index contributed by atoms with van der Waals surface area (Å²) in [5, 5.41) is 16.9. The standard InChI is InChI=1S/C23H31N7O2/c1-16-13-21(26-25-16)24-22-19-4-3-17(15-29-9-7-28(2)8-10-29)14-20(19)23(31)30(27-22)18-5-11-32-12-6-18/h3-4,13-14,18H,5-12,15H2,1-2H3,(H2,24,25,26,27)/p+2. The first-order chi connectivity index (χ1) is 15.6. The van der Waals surface area contributed by atoms with E-state index in [1.807, 2.05) is 19.1 Å². The molecule has 2 aliphatic rings. The topological polar surface area (TPSA) is 93.7 Å². The molecule has 9 nitrogen and oxygen atoms in total. The second-order valence-corrected chi connectivity index (χ2v) is 9.27. The molecule has 0 aliphatic carbocycles. The van der Waals surface area contributed by atoms with E-state index >= 15 is 0 Å². The zero-order chi connectivity index (χ0) is 22.1. The molecule has 4 N–H and O–H groups in total. The normalized spacial score (nSPS) is 22.3. The van der Waals surface area contributed by atoms with Gasteiger partial charge in [-0.1, -0.05) is 6.07 Å². The van der Waals surface area contributed by atoms with Crippen LogP contribution in [0.3, 0.4) is 0 Å². The highest BCUT2D eigenvalue weighted by atomic mass is 16.5. The van der Waals surface area contributed by atoms with Gasteiger partial charge in [0.1, 0.15) is 32.7 Å². The fraction of sp³-hybridized carbons (Fsp3) is 0.522. The van der Waals surface area contributed by atoms with Crippen molar-refractivity contribution >= 4 is 22.4 Å². The van der Waals surface area contributed by atoms with Gasteiger partial charge in [-0.2, -0.15) is 10.2 Å². The highest BCUT2D eigenvalue weighted by molar-refractivity contribution is 5.92. The number of H-pyrrole nitrogens is 1.